The fraction of sp³-hybridized carbons (Fsp3) is 0.136. The van der Waals surface area contributed by atoms with E-state index in [9.17, 15) is 4.79 Å². The van der Waals surface area contributed by atoms with Crippen LogP contribution in [0.15, 0.2) is 48.9 Å². The van der Waals surface area contributed by atoms with E-state index in [4.69, 9.17) is 4.74 Å². The number of hydrogen-bond acceptors (Lipinski definition) is 4. The van der Waals surface area contributed by atoms with E-state index in [1.165, 1.54) is 23.8 Å². The van der Waals surface area contributed by atoms with Gasteiger partial charge in [-0.25, -0.2) is 9.78 Å². The van der Waals surface area contributed by atoms with E-state index < -0.39 is 5.97 Å². The van der Waals surface area contributed by atoms with Crippen LogP contribution in [0.4, 0.5) is 0 Å². The summed E-state index contributed by atoms with van der Waals surface area (Å²) < 4.78 is 8.67. The molecule has 0 bridgehead atoms. The fourth-order valence-corrected chi connectivity index (χ4v) is 3.91. The molecule has 147 valence electrons. The van der Waals surface area contributed by atoms with Gasteiger partial charge in [0.25, 0.3) is 0 Å². The van der Waals surface area contributed by atoms with Crippen molar-refractivity contribution in [3.8, 4) is 11.1 Å². The van der Waals surface area contributed by atoms with Crippen LogP contribution in [-0.2, 0) is 24.8 Å². The van der Waals surface area contributed by atoms with Crippen LogP contribution < -0.4 is 0 Å². The van der Waals surface area contributed by atoms with Crippen LogP contribution in [0.5, 0.6) is 0 Å². The number of carbonyl (C=O) groups excluding carboxylic acids is 1. The Bertz CT molecular complexity index is 1380. The molecule has 3 heterocycles. The van der Waals surface area contributed by atoms with Gasteiger partial charge in [-0.1, -0.05) is 29.1 Å². The summed E-state index contributed by atoms with van der Waals surface area (Å²) in [5.74, 6) is 0.199. The number of aromatic nitrogens is 4. The van der Waals surface area contributed by atoms with Crippen molar-refractivity contribution in [2.75, 3.05) is 7.11 Å². The molecule has 6 nitrogen and oxygen atoms in total. The first-order chi connectivity index (χ1) is 13.6. The summed E-state index contributed by atoms with van der Waals surface area (Å²) >= 11 is 0. The van der Waals surface area contributed by atoms with E-state index >= 15 is 0 Å². The summed E-state index contributed by atoms with van der Waals surface area (Å²) in [7, 11) is 1.35. The molecule has 0 unspecified atom stereocenters. The molecule has 0 aliphatic heterocycles. The Morgan fingerprint density at radius 3 is 2.62 bits per heavy atom. The molecule has 29 heavy (non-hydrogen) atoms. The summed E-state index contributed by atoms with van der Waals surface area (Å²) in [6.07, 6.45) is 5.32. The van der Waals surface area contributed by atoms with Crippen LogP contribution in [0, 0.1) is 19.9 Å². The van der Waals surface area contributed by atoms with Gasteiger partial charge < -0.3 is 13.5 Å². The SMILES string of the molecule is COC(=O)c1cn2c(n1)c1[c-]ccc(-c3c(C)cccc3C)c1n1ccnc21.[Ir]. The molecule has 5 rings (SSSR count). The predicted octanol–water partition coefficient (Wildman–Crippen LogP) is 4.00. The predicted molar refractivity (Wildman–Crippen MR) is 107 cm³/mol. The summed E-state index contributed by atoms with van der Waals surface area (Å²) in [6.45, 7) is 4.22. The van der Waals surface area contributed by atoms with Crippen molar-refractivity contribution < 1.29 is 29.6 Å². The first kappa shape index (κ1) is 19.3. The molecule has 0 fully saturated rings. The van der Waals surface area contributed by atoms with E-state index in [2.05, 4.69) is 54.1 Å². The minimum Gasteiger partial charge on any atom is -0.464 e. The van der Waals surface area contributed by atoms with Crippen LogP contribution in [-0.4, -0.2) is 31.8 Å². The average molecular weight is 562 g/mol. The molecule has 0 N–H and O–H groups in total. The fourth-order valence-electron chi connectivity index (χ4n) is 3.91. The molecule has 1 radical (unpaired) electrons. The van der Waals surface area contributed by atoms with Gasteiger partial charge in [-0.2, -0.15) is 0 Å². The van der Waals surface area contributed by atoms with E-state index in [0.717, 1.165) is 16.5 Å². The first-order valence-electron chi connectivity index (χ1n) is 8.93. The number of esters is 1. The van der Waals surface area contributed by atoms with Crippen LogP contribution in [0.1, 0.15) is 21.6 Å². The van der Waals surface area contributed by atoms with Crippen molar-refractivity contribution in [2.45, 2.75) is 13.8 Å². The van der Waals surface area contributed by atoms with Crippen LogP contribution in [0.2, 0.25) is 0 Å². The van der Waals surface area contributed by atoms with E-state index in [-0.39, 0.29) is 25.8 Å². The van der Waals surface area contributed by atoms with Crippen LogP contribution in [0.3, 0.4) is 0 Å². The molecule has 5 aromatic rings. The zero-order chi connectivity index (χ0) is 19.4. The van der Waals surface area contributed by atoms with Gasteiger partial charge in [0.05, 0.1) is 12.8 Å². The Morgan fingerprint density at radius 1 is 1.14 bits per heavy atom. The Hall–Kier alpha value is -3.02. The Labute approximate surface area is 180 Å². The van der Waals surface area contributed by atoms with Gasteiger partial charge in [-0.05, 0) is 36.1 Å². The zero-order valence-electron chi connectivity index (χ0n) is 16.1. The third kappa shape index (κ3) is 2.77. The molecular formula is C22H17IrN4O2-. The van der Waals surface area contributed by atoms with E-state index in [0.29, 0.717) is 11.4 Å². The van der Waals surface area contributed by atoms with Crippen molar-refractivity contribution in [2.24, 2.45) is 0 Å². The maximum Gasteiger partial charge on any atom is 0.357 e. The van der Waals surface area contributed by atoms with Gasteiger partial charge in [0.2, 0.25) is 5.78 Å². The third-order valence-electron chi connectivity index (χ3n) is 5.12. The second-order valence-corrected chi connectivity index (χ2v) is 6.79. The number of benzene rings is 2. The standard InChI is InChI=1S/C22H17N4O2.Ir/c1-13-6-4-7-14(2)18(13)15-8-5-9-16-19(15)25-11-10-23-22(25)26-12-17(21(27)28-3)24-20(16)26;/h4-8,10-12H,1-3H3;/q-1;. The van der Waals surface area contributed by atoms with Crippen molar-refractivity contribution in [1.29, 1.82) is 0 Å². The minimum atomic E-state index is -0.479. The topological polar surface area (TPSA) is 60.9 Å². The number of methoxy groups -OCH3 is 1. The van der Waals surface area contributed by atoms with Crippen molar-refractivity contribution in [1.82, 2.24) is 18.8 Å². The Balaban J connectivity index is 0.00000205. The average Bonchev–Trinajstić information content (AvgIpc) is 3.34. The first-order valence-corrected chi connectivity index (χ1v) is 8.93. The number of nitrogens with zero attached hydrogens (tertiary/aromatic N) is 4. The molecule has 0 aliphatic carbocycles. The van der Waals surface area contributed by atoms with Crippen LogP contribution >= 0.6 is 0 Å². The number of ether oxygens (including phenoxy) is 1. The van der Waals surface area contributed by atoms with Gasteiger partial charge in [0.1, 0.15) is 0 Å². The number of fused-ring (bicyclic) bond motifs is 6. The van der Waals surface area contributed by atoms with Crippen molar-refractivity contribution in [3.05, 3.63) is 71.8 Å². The molecule has 7 heteroatoms. The van der Waals surface area contributed by atoms with Gasteiger partial charge >= 0.3 is 5.97 Å². The summed E-state index contributed by atoms with van der Waals surface area (Å²) in [5, 5.41) is 0.820. The maximum atomic E-state index is 12.0. The van der Waals surface area contributed by atoms with Gasteiger partial charge in [-0.3, -0.25) is 4.98 Å². The van der Waals surface area contributed by atoms with Crippen molar-refractivity contribution >= 4 is 28.3 Å². The van der Waals surface area contributed by atoms with E-state index in [1.807, 2.05) is 16.7 Å². The second-order valence-electron chi connectivity index (χ2n) is 6.79. The molecule has 0 aliphatic rings. The normalized spacial score (nSPS) is 11.1. The number of carbonyl (C=O) groups is 1. The molecule has 0 spiro atoms. The molecule has 0 saturated heterocycles. The molecule has 3 aromatic heterocycles. The maximum absolute atomic E-state index is 12.0. The van der Waals surface area contributed by atoms with Crippen LogP contribution in [0.25, 0.3) is 33.5 Å². The van der Waals surface area contributed by atoms with Gasteiger partial charge in [0.15, 0.2) is 5.69 Å². The number of rotatable bonds is 2. The third-order valence-corrected chi connectivity index (χ3v) is 5.12. The quantitative estimate of drug-likeness (QED) is 0.242. The number of hydrogen-bond donors (Lipinski definition) is 0. The van der Waals surface area contributed by atoms with Gasteiger partial charge in [-0.15, -0.1) is 18.2 Å². The largest absolute Gasteiger partial charge is 0.464 e. The summed E-state index contributed by atoms with van der Waals surface area (Å²) in [6, 6.07) is 13.6. The monoisotopic (exact) mass is 562 g/mol. The number of aryl methyl sites for hydroxylation is 2. The Kier molecular flexibility index (Phi) is 4.73. The zero-order valence-corrected chi connectivity index (χ0v) is 18.5. The van der Waals surface area contributed by atoms with Crippen molar-refractivity contribution in [3.63, 3.8) is 0 Å². The van der Waals surface area contributed by atoms with E-state index in [1.54, 1.807) is 16.8 Å². The Morgan fingerprint density at radius 2 is 1.90 bits per heavy atom. The second kappa shape index (κ2) is 7.10. The molecule has 0 atom stereocenters. The molecule has 2 aromatic carbocycles. The molecule has 0 saturated carbocycles. The summed E-state index contributed by atoms with van der Waals surface area (Å²) in [5.41, 5.74) is 6.48. The van der Waals surface area contributed by atoms with Gasteiger partial charge in [0, 0.05) is 38.7 Å². The molecular weight excluding hydrogens is 544 g/mol. The number of imidazole rings is 2. The minimum absolute atomic E-state index is 0. The smallest absolute Gasteiger partial charge is 0.357 e. The summed E-state index contributed by atoms with van der Waals surface area (Å²) in [4.78, 5) is 21.1. The molecule has 0 amide bonds.